The number of aliphatic hydroxyl groups is 1. The summed E-state index contributed by atoms with van der Waals surface area (Å²) in [6.45, 7) is 7.55. The van der Waals surface area contributed by atoms with Crippen LogP contribution in [0.1, 0.15) is 26.5 Å². The summed E-state index contributed by atoms with van der Waals surface area (Å²) in [6, 6.07) is 10.1. The number of nitrogens with zero attached hydrogens (tertiary/aromatic N) is 1. The summed E-state index contributed by atoms with van der Waals surface area (Å²) in [5.74, 6) is 0. The third-order valence-corrected chi connectivity index (χ3v) is 3.29. The Morgan fingerprint density at radius 1 is 1.22 bits per heavy atom. The monoisotopic (exact) mass is 244 g/mol. The van der Waals surface area contributed by atoms with Gasteiger partial charge in [-0.15, -0.1) is 0 Å². The van der Waals surface area contributed by atoms with E-state index in [0.29, 0.717) is 0 Å². The van der Waals surface area contributed by atoms with Crippen molar-refractivity contribution in [3.8, 4) is 0 Å². The van der Waals surface area contributed by atoms with Gasteiger partial charge in [-0.2, -0.15) is 0 Å². The summed E-state index contributed by atoms with van der Waals surface area (Å²) in [7, 11) is 0. The molecule has 1 atom stereocenters. The van der Waals surface area contributed by atoms with E-state index in [1.165, 1.54) is 0 Å². The van der Waals surface area contributed by atoms with Crippen LogP contribution in [-0.2, 0) is 0 Å². The van der Waals surface area contributed by atoms with Gasteiger partial charge in [0.2, 0.25) is 0 Å². The molecule has 0 aliphatic carbocycles. The molecule has 3 heteroatoms. The molecule has 0 fully saturated rings. The average molecular weight is 244 g/mol. The van der Waals surface area contributed by atoms with Crippen LogP contribution in [0.15, 0.2) is 30.3 Å². The van der Waals surface area contributed by atoms with Gasteiger partial charge in [0, 0.05) is 11.1 Å². The summed E-state index contributed by atoms with van der Waals surface area (Å²) in [6.07, 6.45) is 0. The Morgan fingerprint density at radius 3 is 2.61 bits per heavy atom. The van der Waals surface area contributed by atoms with Crippen molar-refractivity contribution in [1.29, 1.82) is 0 Å². The molecule has 18 heavy (non-hydrogen) atoms. The van der Waals surface area contributed by atoms with Crippen molar-refractivity contribution in [3.63, 3.8) is 0 Å². The van der Waals surface area contributed by atoms with E-state index in [9.17, 15) is 5.11 Å². The standard InChI is InChI=1S/C15H20N2O/c1-10-8-9-12-6-5-7-13(14(12)16-10)17-11(2)15(3,4)18/h5-9,11,17-18H,1-4H3. The van der Waals surface area contributed by atoms with Gasteiger partial charge in [-0.1, -0.05) is 18.2 Å². The summed E-state index contributed by atoms with van der Waals surface area (Å²) in [4.78, 5) is 4.57. The molecule has 3 nitrogen and oxygen atoms in total. The molecule has 0 bridgehead atoms. The van der Waals surface area contributed by atoms with Gasteiger partial charge in [-0.25, -0.2) is 0 Å². The van der Waals surface area contributed by atoms with Crippen LogP contribution >= 0.6 is 0 Å². The molecule has 2 rings (SSSR count). The van der Waals surface area contributed by atoms with E-state index in [1.807, 2.05) is 38.1 Å². The van der Waals surface area contributed by atoms with E-state index in [2.05, 4.69) is 16.4 Å². The highest BCUT2D eigenvalue weighted by Crippen LogP contribution is 2.24. The third-order valence-electron chi connectivity index (χ3n) is 3.29. The van der Waals surface area contributed by atoms with Gasteiger partial charge in [0.15, 0.2) is 0 Å². The van der Waals surface area contributed by atoms with Crippen LogP contribution in [0, 0.1) is 6.92 Å². The van der Waals surface area contributed by atoms with E-state index in [-0.39, 0.29) is 6.04 Å². The summed E-state index contributed by atoms with van der Waals surface area (Å²) in [5, 5.41) is 14.4. The normalized spacial score (nSPS) is 13.6. The van der Waals surface area contributed by atoms with Crippen LogP contribution in [0.5, 0.6) is 0 Å². The van der Waals surface area contributed by atoms with Crippen molar-refractivity contribution in [1.82, 2.24) is 4.98 Å². The van der Waals surface area contributed by atoms with E-state index >= 15 is 0 Å². The van der Waals surface area contributed by atoms with Gasteiger partial charge >= 0.3 is 0 Å². The van der Waals surface area contributed by atoms with Crippen LogP contribution in [0.4, 0.5) is 5.69 Å². The zero-order valence-corrected chi connectivity index (χ0v) is 11.4. The van der Waals surface area contributed by atoms with Crippen molar-refractivity contribution in [3.05, 3.63) is 36.0 Å². The molecule has 96 valence electrons. The first kappa shape index (κ1) is 12.8. The largest absolute Gasteiger partial charge is 0.388 e. The highest BCUT2D eigenvalue weighted by Gasteiger charge is 2.22. The minimum Gasteiger partial charge on any atom is -0.388 e. The predicted molar refractivity (Wildman–Crippen MR) is 75.9 cm³/mol. The molecule has 1 aromatic carbocycles. The van der Waals surface area contributed by atoms with Gasteiger partial charge in [0.25, 0.3) is 0 Å². The highest BCUT2D eigenvalue weighted by atomic mass is 16.3. The van der Waals surface area contributed by atoms with Gasteiger partial charge in [-0.3, -0.25) is 4.98 Å². The maximum absolute atomic E-state index is 9.99. The van der Waals surface area contributed by atoms with Crippen molar-refractivity contribution >= 4 is 16.6 Å². The van der Waals surface area contributed by atoms with Crippen LogP contribution < -0.4 is 5.32 Å². The molecule has 1 aromatic heterocycles. The molecule has 0 saturated carbocycles. The van der Waals surface area contributed by atoms with E-state index in [1.54, 1.807) is 13.8 Å². The molecule has 0 saturated heterocycles. The zero-order chi connectivity index (χ0) is 13.3. The lowest BCUT2D eigenvalue weighted by Gasteiger charge is -2.28. The maximum atomic E-state index is 9.99. The molecule has 0 spiro atoms. The second-order valence-corrected chi connectivity index (χ2v) is 5.35. The summed E-state index contributed by atoms with van der Waals surface area (Å²) in [5.41, 5.74) is 2.14. The van der Waals surface area contributed by atoms with Crippen LogP contribution in [0.25, 0.3) is 10.9 Å². The van der Waals surface area contributed by atoms with Gasteiger partial charge in [-0.05, 0) is 39.8 Å². The minimum atomic E-state index is -0.772. The Hall–Kier alpha value is -1.61. The molecule has 1 unspecified atom stereocenters. The molecular formula is C15H20N2O. The smallest absolute Gasteiger partial charge is 0.0936 e. The molecule has 0 aliphatic heterocycles. The first-order chi connectivity index (χ1) is 8.38. The Balaban J connectivity index is 2.42. The number of aryl methyl sites for hydroxylation is 1. The van der Waals surface area contributed by atoms with Crippen molar-refractivity contribution in [2.24, 2.45) is 0 Å². The lowest BCUT2D eigenvalue weighted by molar-refractivity contribution is 0.0649. The fraction of sp³-hybridized carbons (Fsp3) is 0.400. The van der Waals surface area contributed by atoms with Crippen LogP contribution in [0.3, 0.4) is 0 Å². The maximum Gasteiger partial charge on any atom is 0.0936 e. The Kier molecular flexibility index (Phi) is 3.26. The number of hydrogen-bond donors (Lipinski definition) is 2. The topological polar surface area (TPSA) is 45.1 Å². The van der Waals surface area contributed by atoms with Crippen molar-refractivity contribution in [2.75, 3.05) is 5.32 Å². The SMILES string of the molecule is Cc1ccc2cccc(NC(C)C(C)(C)O)c2n1. The Morgan fingerprint density at radius 2 is 1.94 bits per heavy atom. The number of nitrogens with one attached hydrogen (secondary N) is 1. The molecule has 2 N–H and O–H groups in total. The molecule has 2 aromatic rings. The highest BCUT2D eigenvalue weighted by molar-refractivity contribution is 5.90. The minimum absolute atomic E-state index is 0.0505. The quantitative estimate of drug-likeness (QED) is 0.872. The lowest BCUT2D eigenvalue weighted by Crippen LogP contribution is -2.39. The second kappa shape index (κ2) is 4.58. The lowest BCUT2D eigenvalue weighted by atomic mass is 10.0. The average Bonchev–Trinajstić information content (AvgIpc) is 2.28. The molecule has 1 heterocycles. The number of fused-ring (bicyclic) bond motifs is 1. The number of rotatable bonds is 3. The third kappa shape index (κ3) is 2.62. The zero-order valence-electron chi connectivity index (χ0n) is 11.4. The number of hydrogen-bond acceptors (Lipinski definition) is 3. The van der Waals surface area contributed by atoms with Gasteiger partial charge in [0.1, 0.15) is 0 Å². The fourth-order valence-electron chi connectivity index (χ4n) is 1.77. The van der Waals surface area contributed by atoms with Crippen molar-refractivity contribution < 1.29 is 5.11 Å². The van der Waals surface area contributed by atoms with Crippen molar-refractivity contribution in [2.45, 2.75) is 39.3 Å². The van der Waals surface area contributed by atoms with Gasteiger partial charge in [0.05, 0.1) is 22.8 Å². The summed E-state index contributed by atoms with van der Waals surface area (Å²) < 4.78 is 0. The van der Waals surface area contributed by atoms with E-state index in [4.69, 9.17) is 0 Å². The Bertz CT molecular complexity index is 558. The molecule has 0 amide bonds. The number of anilines is 1. The van der Waals surface area contributed by atoms with E-state index < -0.39 is 5.60 Å². The Labute approximate surface area is 108 Å². The summed E-state index contributed by atoms with van der Waals surface area (Å²) >= 11 is 0. The first-order valence-corrected chi connectivity index (χ1v) is 6.23. The fourth-order valence-corrected chi connectivity index (χ4v) is 1.77. The number of benzene rings is 1. The molecular weight excluding hydrogens is 224 g/mol. The molecule has 0 radical (unpaired) electrons. The molecule has 0 aliphatic rings. The number of aromatic nitrogens is 1. The number of para-hydroxylation sites is 1. The van der Waals surface area contributed by atoms with Crippen LogP contribution in [-0.4, -0.2) is 21.7 Å². The predicted octanol–water partition coefficient (Wildman–Crippen LogP) is 3.11. The first-order valence-electron chi connectivity index (χ1n) is 6.23. The van der Waals surface area contributed by atoms with E-state index in [0.717, 1.165) is 22.3 Å². The number of pyridine rings is 1. The second-order valence-electron chi connectivity index (χ2n) is 5.35. The van der Waals surface area contributed by atoms with Gasteiger partial charge < -0.3 is 10.4 Å². The van der Waals surface area contributed by atoms with Crippen LogP contribution in [0.2, 0.25) is 0 Å².